The second-order valence-corrected chi connectivity index (χ2v) is 7.23. The van der Waals surface area contributed by atoms with E-state index in [0.717, 1.165) is 10.6 Å². The smallest absolute Gasteiger partial charge is 0.134 e. The molecule has 0 heterocycles. The van der Waals surface area contributed by atoms with Crippen molar-refractivity contribution in [2.45, 2.75) is 35.8 Å². The molecule has 116 valence electrons. The second-order valence-electron chi connectivity index (χ2n) is 5.58. The lowest BCUT2D eigenvalue weighted by atomic mass is 10.0. The summed E-state index contributed by atoms with van der Waals surface area (Å²) < 4.78 is 5.48. The number of thioether (sulfide) groups is 1. The molecule has 0 radical (unpaired) electrons. The van der Waals surface area contributed by atoms with E-state index in [1.165, 1.54) is 36.8 Å². The van der Waals surface area contributed by atoms with Crippen LogP contribution in [-0.4, -0.2) is 7.11 Å². The van der Waals surface area contributed by atoms with Crippen LogP contribution in [0.4, 0.5) is 5.69 Å². The number of rotatable bonds is 3. The topological polar surface area (TPSA) is 35.2 Å². The van der Waals surface area contributed by atoms with Gasteiger partial charge in [0.05, 0.1) is 22.7 Å². The highest BCUT2D eigenvalue weighted by atomic mass is 35.5. The van der Waals surface area contributed by atoms with Crippen molar-refractivity contribution in [3.63, 3.8) is 0 Å². The van der Waals surface area contributed by atoms with Gasteiger partial charge in [-0.25, -0.2) is 0 Å². The average molecular weight is 334 g/mol. The largest absolute Gasteiger partial charge is 0.496 e. The molecule has 0 aliphatic heterocycles. The molecule has 2 aromatic rings. The van der Waals surface area contributed by atoms with Crippen molar-refractivity contribution in [1.82, 2.24) is 0 Å². The molecule has 2 nitrogen and oxygen atoms in total. The third-order valence-electron chi connectivity index (χ3n) is 4.12. The van der Waals surface area contributed by atoms with Gasteiger partial charge in [0, 0.05) is 11.3 Å². The minimum absolute atomic E-state index is 0.438. The van der Waals surface area contributed by atoms with E-state index in [2.05, 4.69) is 24.3 Å². The fraction of sp³-hybridized carbons (Fsp3) is 0.333. The fourth-order valence-corrected chi connectivity index (χ4v) is 4.51. The van der Waals surface area contributed by atoms with Crippen LogP contribution in [0, 0.1) is 0 Å². The van der Waals surface area contributed by atoms with Crippen molar-refractivity contribution in [3.05, 3.63) is 52.5 Å². The lowest BCUT2D eigenvalue weighted by molar-refractivity contribution is 0.405. The Morgan fingerprint density at radius 1 is 1.23 bits per heavy atom. The summed E-state index contributed by atoms with van der Waals surface area (Å²) >= 11 is 7.93. The van der Waals surface area contributed by atoms with Gasteiger partial charge in [0.15, 0.2) is 0 Å². The molecule has 22 heavy (non-hydrogen) atoms. The van der Waals surface area contributed by atoms with E-state index in [0.29, 0.717) is 16.0 Å². The molecule has 0 spiro atoms. The summed E-state index contributed by atoms with van der Waals surface area (Å²) in [5.74, 6) is 0.797. The number of anilines is 1. The van der Waals surface area contributed by atoms with Gasteiger partial charge in [0.1, 0.15) is 5.75 Å². The number of ether oxygens (including phenoxy) is 1. The van der Waals surface area contributed by atoms with Gasteiger partial charge in [0.25, 0.3) is 0 Å². The van der Waals surface area contributed by atoms with Crippen LogP contribution in [0.5, 0.6) is 5.75 Å². The summed E-state index contributed by atoms with van der Waals surface area (Å²) in [4.78, 5) is 1.06. The number of aryl methyl sites for hydroxylation is 1. The van der Waals surface area contributed by atoms with Gasteiger partial charge in [0.2, 0.25) is 0 Å². The Bertz CT molecular complexity index is 674. The van der Waals surface area contributed by atoms with Gasteiger partial charge in [-0.05, 0) is 36.5 Å². The molecule has 1 unspecified atom stereocenters. The summed E-state index contributed by atoms with van der Waals surface area (Å²) in [5.41, 5.74) is 9.49. The number of fused-ring (bicyclic) bond motifs is 1. The molecule has 0 bridgehead atoms. The first-order valence-corrected chi connectivity index (χ1v) is 8.82. The van der Waals surface area contributed by atoms with Crippen molar-refractivity contribution >= 4 is 29.1 Å². The van der Waals surface area contributed by atoms with Gasteiger partial charge in [-0.1, -0.05) is 42.3 Å². The van der Waals surface area contributed by atoms with Crippen LogP contribution in [0.3, 0.4) is 0 Å². The molecule has 2 N–H and O–H groups in total. The highest BCUT2D eigenvalue weighted by molar-refractivity contribution is 7.99. The normalized spacial score (nSPS) is 17.6. The van der Waals surface area contributed by atoms with Crippen LogP contribution in [0.25, 0.3) is 0 Å². The summed E-state index contributed by atoms with van der Waals surface area (Å²) in [5, 5.41) is 0.982. The average Bonchev–Trinajstić information content (AvgIpc) is 2.73. The Balaban J connectivity index is 1.94. The van der Waals surface area contributed by atoms with E-state index in [1.54, 1.807) is 7.11 Å². The highest BCUT2D eigenvalue weighted by Gasteiger charge is 2.21. The summed E-state index contributed by atoms with van der Waals surface area (Å²) in [6.45, 7) is 0. The van der Waals surface area contributed by atoms with Gasteiger partial charge in [-0.2, -0.15) is 0 Å². The van der Waals surface area contributed by atoms with Crippen LogP contribution in [0.2, 0.25) is 5.02 Å². The Hall–Kier alpha value is -1.32. The first-order valence-electron chi connectivity index (χ1n) is 7.56. The molecule has 0 amide bonds. The summed E-state index contributed by atoms with van der Waals surface area (Å²) in [7, 11) is 1.67. The maximum atomic E-state index is 6.10. The van der Waals surface area contributed by atoms with Crippen molar-refractivity contribution < 1.29 is 4.74 Å². The van der Waals surface area contributed by atoms with Crippen LogP contribution in [0.15, 0.2) is 41.3 Å². The molecule has 0 aromatic heterocycles. The van der Waals surface area contributed by atoms with Crippen molar-refractivity contribution in [2.75, 3.05) is 12.8 Å². The Labute approximate surface area is 141 Å². The number of hydrogen-bond acceptors (Lipinski definition) is 3. The standard InChI is InChI=1S/C18H20ClNOS/c1-21-16-10-14(19)15(20)11-18(16)22-17-9-5-3-7-12-6-2-4-8-13(12)17/h2,4,6,8,10-11,17H,3,5,7,9,20H2,1H3. The van der Waals surface area contributed by atoms with E-state index in [4.69, 9.17) is 22.1 Å². The third kappa shape index (κ3) is 3.21. The second kappa shape index (κ2) is 6.84. The predicted octanol–water partition coefficient (Wildman–Crippen LogP) is 5.49. The van der Waals surface area contributed by atoms with Crippen LogP contribution in [0.1, 0.15) is 35.6 Å². The van der Waals surface area contributed by atoms with E-state index in [-0.39, 0.29) is 0 Å². The lowest BCUT2D eigenvalue weighted by Crippen LogP contribution is -1.98. The minimum Gasteiger partial charge on any atom is -0.496 e. The molecule has 0 saturated carbocycles. The Kier molecular flexibility index (Phi) is 4.84. The summed E-state index contributed by atoms with van der Waals surface area (Å²) in [6.07, 6.45) is 4.85. The number of methoxy groups -OCH3 is 1. The number of benzene rings is 2. The van der Waals surface area contributed by atoms with Crippen LogP contribution in [-0.2, 0) is 6.42 Å². The molecule has 0 fully saturated rings. The molecule has 1 aliphatic carbocycles. The summed E-state index contributed by atoms with van der Waals surface area (Å²) in [6, 6.07) is 12.5. The van der Waals surface area contributed by atoms with Gasteiger partial charge in [-0.15, -0.1) is 11.8 Å². The third-order valence-corrected chi connectivity index (χ3v) is 5.79. The molecule has 0 saturated heterocycles. The number of nitrogens with two attached hydrogens (primary N) is 1. The molecular weight excluding hydrogens is 314 g/mol. The quantitative estimate of drug-likeness (QED) is 0.595. The molecule has 3 rings (SSSR count). The van der Waals surface area contributed by atoms with E-state index in [9.17, 15) is 0 Å². The lowest BCUT2D eigenvalue weighted by Gasteiger charge is -2.19. The highest BCUT2D eigenvalue weighted by Crippen LogP contribution is 2.46. The van der Waals surface area contributed by atoms with Gasteiger partial charge >= 0.3 is 0 Å². The zero-order valence-corrected chi connectivity index (χ0v) is 14.2. The molecule has 4 heteroatoms. The van der Waals surface area contributed by atoms with E-state index in [1.807, 2.05) is 23.9 Å². The first-order chi connectivity index (χ1) is 10.7. The monoisotopic (exact) mass is 333 g/mol. The zero-order valence-electron chi connectivity index (χ0n) is 12.6. The maximum Gasteiger partial charge on any atom is 0.134 e. The predicted molar refractivity (Wildman–Crippen MR) is 95.0 cm³/mol. The Morgan fingerprint density at radius 3 is 2.86 bits per heavy atom. The SMILES string of the molecule is COc1cc(Cl)c(N)cc1SC1CCCCc2ccccc21. The van der Waals surface area contributed by atoms with Crippen molar-refractivity contribution in [1.29, 1.82) is 0 Å². The molecule has 1 aliphatic rings. The minimum atomic E-state index is 0.438. The molecule has 2 aromatic carbocycles. The number of hydrogen-bond donors (Lipinski definition) is 1. The van der Waals surface area contributed by atoms with Gasteiger partial charge in [-0.3, -0.25) is 0 Å². The zero-order chi connectivity index (χ0) is 15.5. The van der Waals surface area contributed by atoms with E-state index < -0.39 is 0 Å². The van der Waals surface area contributed by atoms with E-state index >= 15 is 0 Å². The number of halogens is 1. The fourth-order valence-electron chi connectivity index (χ4n) is 2.95. The van der Waals surface area contributed by atoms with Crippen LogP contribution >= 0.6 is 23.4 Å². The Morgan fingerprint density at radius 2 is 2.05 bits per heavy atom. The first kappa shape index (κ1) is 15.6. The molecule has 1 atom stereocenters. The molecular formula is C18H20ClNOS. The maximum absolute atomic E-state index is 6.10. The number of nitrogen functional groups attached to an aromatic ring is 1. The van der Waals surface area contributed by atoms with Crippen LogP contribution < -0.4 is 10.5 Å². The van der Waals surface area contributed by atoms with Crippen molar-refractivity contribution in [3.8, 4) is 5.75 Å². The van der Waals surface area contributed by atoms with Crippen molar-refractivity contribution in [2.24, 2.45) is 0 Å². The van der Waals surface area contributed by atoms with Gasteiger partial charge < -0.3 is 10.5 Å².